The Morgan fingerprint density at radius 2 is 1.60 bits per heavy atom. The number of hydrogen-bond donors (Lipinski definition) is 3. The molecule has 0 aromatic heterocycles. The molecule has 15 heavy (non-hydrogen) atoms. The number of rotatable bonds is 8. The Bertz CT molecular complexity index is 147. The van der Waals surface area contributed by atoms with Crippen molar-refractivity contribution in [1.29, 1.82) is 0 Å². The quantitative estimate of drug-likeness (QED) is 0.578. The topological polar surface area (TPSA) is 52.5 Å². The second kappa shape index (κ2) is 7.20. The summed E-state index contributed by atoms with van der Waals surface area (Å²) in [6, 6.07) is 0.339. The van der Waals surface area contributed by atoms with Crippen LogP contribution in [0.4, 0.5) is 0 Å². The van der Waals surface area contributed by atoms with Gasteiger partial charge in [-0.1, -0.05) is 20.8 Å². The molecule has 0 saturated heterocycles. The van der Waals surface area contributed by atoms with Crippen molar-refractivity contribution in [2.75, 3.05) is 13.2 Å². The van der Waals surface area contributed by atoms with E-state index in [2.05, 4.69) is 26.1 Å². The fourth-order valence-corrected chi connectivity index (χ4v) is 1.65. The lowest BCUT2D eigenvalue weighted by molar-refractivity contribution is 0.0777. The number of aliphatic hydroxyl groups excluding tert-OH is 2. The Morgan fingerprint density at radius 1 is 1.07 bits per heavy atom. The van der Waals surface area contributed by atoms with Gasteiger partial charge in [0.25, 0.3) is 0 Å². The van der Waals surface area contributed by atoms with Crippen LogP contribution in [0.5, 0.6) is 0 Å². The highest BCUT2D eigenvalue weighted by atomic mass is 16.3. The maximum absolute atomic E-state index is 9.28. The number of aliphatic hydroxyl groups is 2. The fourth-order valence-electron chi connectivity index (χ4n) is 1.65. The van der Waals surface area contributed by atoms with Crippen LogP contribution in [0.15, 0.2) is 0 Å². The monoisotopic (exact) mass is 217 g/mol. The summed E-state index contributed by atoms with van der Waals surface area (Å²) < 4.78 is 0. The number of nitrogens with one attached hydrogen (secondary N) is 1. The van der Waals surface area contributed by atoms with Crippen LogP contribution in [0.1, 0.15) is 47.0 Å². The lowest BCUT2D eigenvalue weighted by Crippen LogP contribution is -2.54. The van der Waals surface area contributed by atoms with E-state index in [1.165, 1.54) is 6.42 Å². The first kappa shape index (κ1) is 14.9. The van der Waals surface area contributed by atoms with E-state index in [-0.39, 0.29) is 13.2 Å². The zero-order valence-corrected chi connectivity index (χ0v) is 10.6. The molecule has 1 unspecified atom stereocenters. The van der Waals surface area contributed by atoms with Crippen LogP contribution < -0.4 is 5.32 Å². The molecular formula is C12H27NO2. The Morgan fingerprint density at radius 3 is 1.93 bits per heavy atom. The molecule has 3 N–H and O–H groups in total. The Labute approximate surface area is 93.9 Å². The second-order valence-corrected chi connectivity index (χ2v) is 4.97. The summed E-state index contributed by atoms with van der Waals surface area (Å²) in [5.41, 5.74) is -0.504. The minimum Gasteiger partial charge on any atom is -0.394 e. The third kappa shape index (κ3) is 5.50. The standard InChI is InChI=1S/C12H27NO2/c1-5-12(8-14,9-15)13-11(4)7-6-10(2)3/h10-11,13-15H,5-9H2,1-4H3. The Kier molecular flexibility index (Phi) is 7.14. The van der Waals surface area contributed by atoms with E-state index in [0.29, 0.717) is 12.0 Å². The van der Waals surface area contributed by atoms with Gasteiger partial charge < -0.3 is 15.5 Å². The fraction of sp³-hybridized carbons (Fsp3) is 1.00. The highest BCUT2D eigenvalue weighted by Gasteiger charge is 2.27. The average Bonchev–Trinajstić information content (AvgIpc) is 2.23. The van der Waals surface area contributed by atoms with Crippen molar-refractivity contribution in [2.24, 2.45) is 5.92 Å². The molecular weight excluding hydrogens is 190 g/mol. The SMILES string of the molecule is CCC(CO)(CO)NC(C)CCC(C)C. The first-order chi connectivity index (χ1) is 6.99. The molecule has 0 saturated carbocycles. The molecule has 0 bridgehead atoms. The highest BCUT2D eigenvalue weighted by molar-refractivity contribution is 4.87. The average molecular weight is 217 g/mol. The van der Waals surface area contributed by atoms with E-state index in [0.717, 1.165) is 12.8 Å². The minimum atomic E-state index is -0.504. The summed E-state index contributed by atoms with van der Waals surface area (Å²) in [7, 11) is 0. The van der Waals surface area contributed by atoms with Crippen molar-refractivity contribution in [3.05, 3.63) is 0 Å². The number of hydrogen-bond acceptors (Lipinski definition) is 3. The molecule has 1 atom stereocenters. The van der Waals surface area contributed by atoms with Crippen LogP contribution in [-0.2, 0) is 0 Å². The third-order valence-electron chi connectivity index (χ3n) is 3.01. The van der Waals surface area contributed by atoms with Gasteiger partial charge in [-0.05, 0) is 32.1 Å². The van der Waals surface area contributed by atoms with Gasteiger partial charge in [0.05, 0.1) is 18.8 Å². The molecule has 92 valence electrons. The zero-order chi connectivity index (χ0) is 11.9. The van der Waals surface area contributed by atoms with Gasteiger partial charge in [0, 0.05) is 6.04 Å². The van der Waals surface area contributed by atoms with E-state index < -0.39 is 5.54 Å². The highest BCUT2D eigenvalue weighted by Crippen LogP contribution is 2.13. The van der Waals surface area contributed by atoms with Crippen molar-refractivity contribution >= 4 is 0 Å². The molecule has 0 heterocycles. The molecule has 3 heteroatoms. The third-order valence-corrected chi connectivity index (χ3v) is 3.01. The lowest BCUT2D eigenvalue weighted by atomic mass is 9.95. The summed E-state index contributed by atoms with van der Waals surface area (Å²) in [4.78, 5) is 0. The van der Waals surface area contributed by atoms with E-state index >= 15 is 0 Å². The first-order valence-corrected chi connectivity index (χ1v) is 5.99. The maximum Gasteiger partial charge on any atom is 0.0647 e. The predicted octanol–water partition coefficient (Wildman–Crippen LogP) is 1.53. The van der Waals surface area contributed by atoms with E-state index in [1.807, 2.05) is 6.92 Å². The predicted molar refractivity (Wildman–Crippen MR) is 63.9 cm³/mol. The van der Waals surface area contributed by atoms with Gasteiger partial charge in [-0.15, -0.1) is 0 Å². The molecule has 0 aliphatic rings. The molecule has 0 fully saturated rings. The van der Waals surface area contributed by atoms with Gasteiger partial charge in [-0.25, -0.2) is 0 Å². The summed E-state index contributed by atoms with van der Waals surface area (Å²) in [6.07, 6.45) is 3.00. The van der Waals surface area contributed by atoms with Gasteiger partial charge in [0.1, 0.15) is 0 Å². The van der Waals surface area contributed by atoms with Gasteiger partial charge in [-0.3, -0.25) is 0 Å². The molecule has 0 aliphatic heterocycles. The van der Waals surface area contributed by atoms with Crippen LogP contribution in [-0.4, -0.2) is 35.0 Å². The molecule has 0 aromatic rings. The van der Waals surface area contributed by atoms with Crippen molar-refractivity contribution in [3.63, 3.8) is 0 Å². The molecule has 3 nitrogen and oxygen atoms in total. The van der Waals surface area contributed by atoms with Crippen LogP contribution in [0.3, 0.4) is 0 Å². The van der Waals surface area contributed by atoms with Crippen molar-refractivity contribution < 1.29 is 10.2 Å². The first-order valence-electron chi connectivity index (χ1n) is 5.99. The second-order valence-electron chi connectivity index (χ2n) is 4.97. The van der Waals surface area contributed by atoms with Crippen LogP contribution in [0.2, 0.25) is 0 Å². The van der Waals surface area contributed by atoms with Crippen molar-refractivity contribution in [1.82, 2.24) is 5.32 Å². The summed E-state index contributed by atoms with van der Waals surface area (Å²) in [6.45, 7) is 8.49. The normalized spacial score (nSPS) is 14.6. The smallest absolute Gasteiger partial charge is 0.0647 e. The van der Waals surface area contributed by atoms with Crippen LogP contribution in [0.25, 0.3) is 0 Å². The summed E-state index contributed by atoms with van der Waals surface area (Å²) in [5, 5.41) is 21.9. The zero-order valence-electron chi connectivity index (χ0n) is 10.6. The van der Waals surface area contributed by atoms with Crippen molar-refractivity contribution in [2.45, 2.75) is 58.5 Å². The summed E-state index contributed by atoms with van der Waals surface area (Å²) in [5.74, 6) is 0.702. The van der Waals surface area contributed by atoms with Crippen LogP contribution >= 0.6 is 0 Å². The van der Waals surface area contributed by atoms with E-state index in [4.69, 9.17) is 0 Å². The largest absolute Gasteiger partial charge is 0.394 e. The molecule has 0 aromatic carbocycles. The molecule has 0 radical (unpaired) electrons. The van der Waals surface area contributed by atoms with Crippen molar-refractivity contribution in [3.8, 4) is 0 Å². The molecule has 0 aliphatic carbocycles. The van der Waals surface area contributed by atoms with E-state index in [9.17, 15) is 10.2 Å². The van der Waals surface area contributed by atoms with Gasteiger partial charge in [-0.2, -0.15) is 0 Å². The van der Waals surface area contributed by atoms with E-state index in [1.54, 1.807) is 0 Å². The van der Waals surface area contributed by atoms with Crippen LogP contribution in [0, 0.1) is 5.92 Å². The summed E-state index contributed by atoms with van der Waals surface area (Å²) >= 11 is 0. The molecule has 0 rings (SSSR count). The molecule has 0 amide bonds. The maximum atomic E-state index is 9.28. The van der Waals surface area contributed by atoms with Gasteiger partial charge in [0.2, 0.25) is 0 Å². The minimum absolute atomic E-state index is 0.00792. The van der Waals surface area contributed by atoms with Gasteiger partial charge in [0.15, 0.2) is 0 Å². The lowest BCUT2D eigenvalue weighted by Gasteiger charge is -2.33. The Hall–Kier alpha value is -0.120. The molecule has 0 spiro atoms. The Balaban J connectivity index is 4.05. The van der Waals surface area contributed by atoms with Gasteiger partial charge >= 0.3 is 0 Å².